The molecule has 2 fully saturated rings. The van der Waals surface area contributed by atoms with E-state index in [0.717, 1.165) is 32.5 Å². The van der Waals surface area contributed by atoms with Gasteiger partial charge in [-0.3, -0.25) is 15.0 Å². The summed E-state index contributed by atoms with van der Waals surface area (Å²) in [6.45, 7) is 4.12. The van der Waals surface area contributed by atoms with Gasteiger partial charge in [0.15, 0.2) is 0 Å². The molecule has 1 heterocycles. The maximum Gasteiger partial charge on any atom is 0.323 e. The highest BCUT2D eigenvalue weighted by atomic mass is 16.5. The predicted molar refractivity (Wildman–Crippen MR) is 74.8 cm³/mol. The van der Waals surface area contributed by atoms with Gasteiger partial charge < -0.3 is 14.6 Å². The molecule has 0 aromatic rings. The quantitative estimate of drug-likeness (QED) is 0.669. The number of rotatable bonds is 8. The smallest absolute Gasteiger partial charge is 0.323 e. The standard InChI is InChI=1S/C14H26N2O4/c1-14(13(17)18,15-10-4-5-10)6-7-16-8-11(19-2)12(9-16)20-3/h10-12,15H,4-9H2,1-3H3,(H,17,18). The fourth-order valence-corrected chi connectivity index (χ4v) is 2.75. The predicted octanol–water partition coefficient (Wildman–Crippen LogP) is 0.317. The molecular weight excluding hydrogens is 260 g/mol. The van der Waals surface area contributed by atoms with Crippen molar-refractivity contribution in [1.29, 1.82) is 0 Å². The summed E-state index contributed by atoms with van der Waals surface area (Å²) in [6.07, 6.45) is 2.92. The lowest BCUT2D eigenvalue weighted by Crippen LogP contribution is -2.52. The van der Waals surface area contributed by atoms with Crippen LogP contribution in [0.3, 0.4) is 0 Å². The molecule has 0 spiro atoms. The number of nitrogens with zero attached hydrogens (tertiary/aromatic N) is 1. The van der Waals surface area contributed by atoms with E-state index in [9.17, 15) is 9.90 Å². The summed E-state index contributed by atoms with van der Waals surface area (Å²) in [5.41, 5.74) is -0.838. The number of ether oxygens (including phenoxy) is 2. The molecule has 0 aromatic heterocycles. The Hall–Kier alpha value is -0.690. The first-order valence-corrected chi connectivity index (χ1v) is 7.27. The van der Waals surface area contributed by atoms with Crippen molar-refractivity contribution >= 4 is 5.97 Å². The Morgan fingerprint density at radius 3 is 2.25 bits per heavy atom. The maximum atomic E-state index is 11.5. The van der Waals surface area contributed by atoms with E-state index in [1.54, 1.807) is 21.1 Å². The van der Waals surface area contributed by atoms with Crippen molar-refractivity contribution in [2.45, 2.75) is 50.0 Å². The van der Waals surface area contributed by atoms with E-state index in [0.29, 0.717) is 12.5 Å². The van der Waals surface area contributed by atoms with Gasteiger partial charge in [0.1, 0.15) is 5.54 Å². The molecule has 1 saturated carbocycles. The normalized spacial score (nSPS) is 30.4. The van der Waals surface area contributed by atoms with Crippen LogP contribution in [0.1, 0.15) is 26.2 Å². The molecule has 6 nitrogen and oxygen atoms in total. The number of aliphatic carboxylic acids is 1. The molecule has 20 heavy (non-hydrogen) atoms. The number of methoxy groups -OCH3 is 2. The summed E-state index contributed by atoms with van der Waals surface area (Å²) in [5, 5.41) is 12.7. The van der Waals surface area contributed by atoms with Crippen LogP contribution in [0.5, 0.6) is 0 Å². The molecule has 0 bridgehead atoms. The van der Waals surface area contributed by atoms with E-state index >= 15 is 0 Å². The molecule has 0 amide bonds. The van der Waals surface area contributed by atoms with E-state index < -0.39 is 11.5 Å². The number of hydrogen-bond acceptors (Lipinski definition) is 5. The zero-order chi connectivity index (χ0) is 14.8. The molecule has 2 N–H and O–H groups in total. The van der Waals surface area contributed by atoms with Crippen LogP contribution in [0.15, 0.2) is 0 Å². The topological polar surface area (TPSA) is 71.0 Å². The lowest BCUT2D eigenvalue weighted by molar-refractivity contribution is -0.144. The van der Waals surface area contributed by atoms with E-state index in [1.807, 2.05) is 0 Å². The van der Waals surface area contributed by atoms with Crippen molar-refractivity contribution in [3.05, 3.63) is 0 Å². The van der Waals surface area contributed by atoms with Gasteiger partial charge in [-0.1, -0.05) is 0 Å². The monoisotopic (exact) mass is 286 g/mol. The third-order valence-corrected chi connectivity index (χ3v) is 4.40. The van der Waals surface area contributed by atoms with E-state index in [2.05, 4.69) is 10.2 Å². The van der Waals surface area contributed by atoms with Crippen LogP contribution in [0.4, 0.5) is 0 Å². The molecule has 0 radical (unpaired) electrons. The van der Waals surface area contributed by atoms with Crippen molar-refractivity contribution < 1.29 is 19.4 Å². The summed E-state index contributed by atoms with van der Waals surface area (Å²) in [5.74, 6) is -0.768. The van der Waals surface area contributed by atoms with Gasteiger partial charge in [0.05, 0.1) is 12.2 Å². The number of nitrogens with one attached hydrogen (secondary N) is 1. The zero-order valence-electron chi connectivity index (χ0n) is 12.6. The Labute approximate surface area is 120 Å². The fraction of sp³-hybridized carbons (Fsp3) is 0.929. The summed E-state index contributed by atoms with van der Waals surface area (Å²) in [4.78, 5) is 13.7. The van der Waals surface area contributed by atoms with Gasteiger partial charge in [-0.2, -0.15) is 0 Å². The first kappa shape index (κ1) is 15.7. The van der Waals surface area contributed by atoms with Crippen molar-refractivity contribution in [2.75, 3.05) is 33.9 Å². The Bertz CT molecular complexity index is 336. The minimum atomic E-state index is -0.838. The molecule has 3 unspecified atom stereocenters. The first-order chi connectivity index (χ1) is 9.48. The van der Waals surface area contributed by atoms with Crippen LogP contribution in [0, 0.1) is 0 Å². The van der Waals surface area contributed by atoms with Crippen LogP contribution in [-0.2, 0) is 14.3 Å². The van der Waals surface area contributed by atoms with E-state index in [4.69, 9.17) is 9.47 Å². The molecule has 0 aromatic carbocycles. The number of likely N-dealkylation sites (tertiary alicyclic amines) is 1. The average molecular weight is 286 g/mol. The van der Waals surface area contributed by atoms with Gasteiger partial charge in [-0.25, -0.2) is 0 Å². The summed E-state index contributed by atoms with van der Waals surface area (Å²) in [7, 11) is 3.38. The van der Waals surface area contributed by atoms with Gasteiger partial charge >= 0.3 is 5.97 Å². The summed E-state index contributed by atoms with van der Waals surface area (Å²) < 4.78 is 10.8. The number of hydrogen-bond donors (Lipinski definition) is 2. The second-order valence-corrected chi connectivity index (χ2v) is 6.11. The van der Waals surface area contributed by atoms with Crippen LogP contribution >= 0.6 is 0 Å². The number of carbonyl (C=O) groups is 1. The zero-order valence-corrected chi connectivity index (χ0v) is 12.6. The minimum absolute atomic E-state index is 0.0764. The molecule has 1 aliphatic carbocycles. The van der Waals surface area contributed by atoms with Gasteiger partial charge in [0, 0.05) is 39.9 Å². The molecule has 2 aliphatic rings. The van der Waals surface area contributed by atoms with Crippen LogP contribution in [-0.4, -0.2) is 73.6 Å². The Kier molecular flexibility index (Phi) is 5.01. The highest BCUT2D eigenvalue weighted by Gasteiger charge is 2.40. The molecule has 6 heteroatoms. The minimum Gasteiger partial charge on any atom is -0.480 e. The fourth-order valence-electron chi connectivity index (χ4n) is 2.75. The van der Waals surface area contributed by atoms with Crippen molar-refractivity contribution in [2.24, 2.45) is 0 Å². The molecule has 2 rings (SSSR count). The molecule has 1 saturated heterocycles. The third kappa shape index (κ3) is 3.69. The largest absolute Gasteiger partial charge is 0.480 e. The van der Waals surface area contributed by atoms with Gasteiger partial charge in [0.25, 0.3) is 0 Å². The van der Waals surface area contributed by atoms with Gasteiger partial charge in [-0.15, -0.1) is 0 Å². The Balaban J connectivity index is 1.85. The molecule has 1 aliphatic heterocycles. The highest BCUT2D eigenvalue weighted by Crippen LogP contribution is 2.25. The Morgan fingerprint density at radius 2 is 1.85 bits per heavy atom. The van der Waals surface area contributed by atoms with Crippen molar-refractivity contribution in [3.8, 4) is 0 Å². The molecule has 116 valence electrons. The summed E-state index contributed by atoms with van der Waals surface area (Å²) in [6, 6.07) is 0.383. The molecule has 3 atom stereocenters. The van der Waals surface area contributed by atoms with Crippen molar-refractivity contribution in [1.82, 2.24) is 10.2 Å². The van der Waals surface area contributed by atoms with Crippen molar-refractivity contribution in [3.63, 3.8) is 0 Å². The van der Waals surface area contributed by atoms with Gasteiger partial charge in [0.2, 0.25) is 0 Å². The second-order valence-electron chi connectivity index (χ2n) is 6.11. The lowest BCUT2D eigenvalue weighted by Gasteiger charge is -2.28. The van der Waals surface area contributed by atoms with Crippen LogP contribution < -0.4 is 5.32 Å². The van der Waals surface area contributed by atoms with E-state index in [-0.39, 0.29) is 12.2 Å². The highest BCUT2D eigenvalue weighted by molar-refractivity contribution is 5.78. The number of carboxylic acid groups (broad SMARTS) is 1. The first-order valence-electron chi connectivity index (χ1n) is 7.27. The van der Waals surface area contributed by atoms with E-state index in [1.165, 1.54) is 0 Å². The SMILES string of the molecule is COC1CN(CCC(C)(NC2CC2)C(=O)O)CC1OC. The lowest BCUT2D eigenvalue weighted by atomic mass is 9.97. The van der Waals surface area contributed by atoms with Gasteiger partial charge in [-0.05, 0) is 26.2 Å². The average Bonchev–Trinajstić information content (AvgIpc) is 3.13. The summed E-state index contributed by atoms with van der Waals surface area (Å²) >= 11 is 0. The Morgan fingerprint density at radius 1 is 1.30 bits per heavy atom. The molecular formula is C14H26N2O4. The number of carboxylic acids is 1. The van der Waals surface area contributed by atoms with Crippen LogP contribution in [0.25, 0.3) is 0 Å². The third-order valence-electron chi connectivity index (χ3n) is 4.40. The maximum absolute atomic E-state index is 11.5. The van der Waals surface area contributed by atoms with Crippen LogP contribution in [0.2, 0.25) is 0 Å². The second kappa shape index (κ2) is 6.39.